The molecule has 0 spiro atoms. The third kappa shape index (κ3) is 2.93. The lowest BCUT2D eigenvalue weighted by Crippen LogP contribution is -2.21. The normalized spacial score (nSPS) is 11.3. The fraction of sp³-hybridized carbons (Fsp3) is 0.158. The lowest BCUT2D eigenvalue weighted by atomic mass is 10.1. The van der Waals surface area contributed by atoms with Crippen molar-refractivity contribution >= 4 is 37.9 Å². The molecule has 0 unspecified atom stereocenters. The maximum Gasteiger partial charge on any atom is 0.277 e. The predicted molar refractivity (Wildman–Crippen MR) is 102 cm³/mol. The smallest absolute Gasteiger partial charge is 0.277 e. The molecule has 2 aromatic carbocycles. The molecular weight excluding hydrogens is 382 g/mol. The SMILES string of the molecule is COc1ccc(CCn2cnc3c([nH]c4ccc(Br)cc43)c2=O)cc1. The Morgan fingerprint density at radius 1 is 1.20 bits per heavy atom. The fourth-order valence-corrected chi connectivity index (χ4v) is 3.32. The van der Waals surface area contributed by atoms with Gasteiger partial charge in [0.25, 0.3) is 5.56 Å². The number of H-pyrrole nitrogens is 1. The number of ether oxygens (including phenoxy) is 1. The molecule has 25 heavy (non-hydrogen) atoms. The number of nitrogens with zero attached hydrogens (tertiary/aromatic N) is 2. The molecule has 6 heteroatoms. The highest BCUT2D eigenvalue weighted by molar-refractivity contribution is 9.10. The van der Waals surface area contributed by atoms with E-state index in [0.29, 0.717) is 17.6 Å². The summed E-state index contributed by atoms with van der Waals surface area (Å²) in [7, 11) is 1.65. The van der Waals surface area contributed by atoms with Gasteiger partial charge in [-0.2, -0.15) is 0 Å². The second-order valence-corrected chi connectivity index (χ2v) is 6.80. The van der Waals surface area contributed by atoms with E-state index >= 15 is 0 Å². The van der Waals surface area contributed by atoms with E-state index in [2.05, 4.69) is 25.9 Å². The second kappa shape index (κ2) is 6.37. The van der Waals surface area contributed by atoms with E-state index in [-0.39, 0.29) is 5.56 Å². The third-order valence-electron chi connectivity index (χ3n) is 4.33. The standard InChI is InChI=1S/C19H16BrN3O2/c1-25-14-5-2-12(3-6-14)8-9-23-11-21-17-15-10-13(20)4-7-16(15)22-18(17)19(23)24/h2-7,10-11,22H,8-9H2,1H3. The zero-order valence-corrected chi connectivity index (χ0v) is 15.2. The summed E-state index contributed by atoms with van der Waals surface area (Å²) in [5, 5.41) is 0.948. The van der Waals surface area contributed by atoms with E-state index in [1.807, 2.05) is 42.5 Å². The van der Waals surface area contributed by atoms with Gasteiger partial charge in [0.2, 0.25) is 0 Å². The van der Waals surface area contributed by atoms with Gasteiger partial charge < -0.3 is 9.72 Å². The van der Waals surface area contributed by atoms with Crippen molar-refractivity contribution in [3.63, 3.8) is 0 Å². The van der Waals surface area contributed by atoms with Gasteiger partial charge in [0, 0.05) is 21.9 Å². The molecule has 5 nitrogen and oxygen atoms in total. The Morgan fingerprint density at radius 2 is 2.00 bits per heavy atom. The minimum Gasteiger partial charge on any atom is -0.497 e. The molecule has 0 atom stereocenters. The van der Waals surface area contributed by atoms with Crippen LogP contribution in [0.4, 0.5) is 0 Å². The molecule has 1 N–H and O–H groups in total. The summed E-state index contributed by atoms with van der Waals surface area (Å²) in [6, 6.07) is 13.7. The van der Waals surface area contributed by atoms with Crippen LogP contribution in [0.2, 0.25) is 0 Å². The Kier molecular flexibility index (Phi) is 4.05. The summed E-state index contributed by atoms with van der Waals surface area (Å²) in [5.41, 5.74) is 3.27. The van der Waals surface area contributed by atoms with E-state index in [1.54, 1.807) is 18.0 Å². The van der Waals surface area contributed by atoms with Gasteiger partial charge in [0.15, 0.2) is 0 Å². The number of halogens is 1. The summed E-state index contributed by atoms with van der Waals surface area (Å²) in [6.07, 6.45) is 2.38. The van der Waals surface area contributed by atoms with Gasteiger partial charge in [-0.25, -0.2) is 4.98 Å². The lowest BCUT2D eigenvalue weighted by molar-refractivity contribution is 0.414. The second-order valence-electron chi connectivity index (χ2n) is 5.88. The molecule has 0 aliphatic heterocycles. The first-order chi connectivity index (χ1) is 12.2. The molecule has 2 heterocycles. The minimum atomic E-state index is -0.0502. The minimum absolute atomic E-state index is 0.0502. The molecule has 0 amide bonds. The summed E-state index contributed by atoms with van der Waals surface area (Å²) in [5.74, 6) is 0.827. The van der Waals surface area contributed by atoms with E-state index in [1.165, 1.54) is 0 Å². The van der Waals surface area contributed by atoms with Crippen LogP contribution in [0.15, 0.2) is 58.1 Å². The number of aromatic nitrogens is 3. The predicted octanol–water partition coefficient (Wildman–Crippen LogP) is 3.89. The first-order valence-corrected chi connectivity index (χ1v) is 8.74. The molecule has 4 aromatic rings. The van der Waals surface area contributed by atoms with E-state index in [4.69, 9.17) is 4.74 Å². The molecule has 0 bridgehead atoms. The Hall–Kier alpha value is -2.60. The highest BCUT2D eigenvalue weighted by Crippen LogP contribution is 2.24. The monoisotopic (exact) mass is 397 g/mol. The van der Waals surface area contributed by atoms with Crippen LogP contribution in [-0.2, 0) is 13.0 Å². The Balaban J connectivity index is 1.67. The van der Waals surface area contributed by atoms with Crippen LogP contribution >= 0.6 is 15.9 Å². The van der Waals surface area contributed by atoms with Crippen molar-refractivity contribution in [1.29, 1.82) is 0 Å². The molecule has 2 aromatic heterocycles. The Bertz CT molecular complexity index is 1110. The van der Waals surface area contributed by atoms with Crippen LogP contribution in [0.5, 0.6) is 5.75 Å². The average molecular weight is 398 g/mol. The maximum absolute atomic E-state index is 12.8. The van der Waals surface area contributed by atoms with Gasteiger partial charge in [-0.15, -0.1) is 0 Å². The summed E-state index contributed by atoms with van der Waals surface area (Å²) >= 11 is 3.46. The summed E-state index contributed by atoms with van der Waals surface area (Å²) in [6.45, 7) is 0.577. The van der Waals surface area contributed by atoms with Crippen molar-refractivity contribution in [2.75, 3.05) is 7.11 Å². The van der Waals surface area contributed by atoms with Crippen LogP contribution < -0.4 is 10.3 Å². The molecule has 4 rings (SSSR count). The van der Waals surface area contributed by atoms with Crippen molar-refractivity contribution < 1.29 is 4.74 Å². The van der Waals surface area contributed by atoms with Gasteiger partial charge in [0.1, 0.15) is 16.8 Å². The Labute approximate surface area is 152 Å². The number of aromatic amines is 1. The molecule has 126 valence electrons. The number of hydrogen-bond acceptors (Lipinski definition) is 3. The quantitative estimate of drug-likeness (QED) is 0.568. The molecule has 0 fully saturated rings. The topological polar surface area (TPSA) is 59.9 Å². The summed E-state index contributed by atoms with van der Waals surface area (Å²) < 4.78 is 7.78. The molecule has 0 aliphatic rings. The number of methoxy groups -OCH3 is 1. The third-order valence-corrected chi connectivity index (χ3v) is 4.83. The van der Waals surface area contributed by atoms with Crippen molar-refractivity contribution in [1.82, 2.24) is 14.5 Å². The van der Waals surface area contributed by atoms with Crippen molar-refractivity contribution in [2.45, 2.75) is 13.0 Å². The molecule has 0 saturated heterocycles. The highest BCUT2D eigenvalue weighted by Gasteiger charge is 2.11. The van der Waals surface area contributed by atoms with Crippen LogP contribution in [0, 0.1) is 0 Å². The molecule has 0 radical (unpaired) electrons. The van der Waals surface area contributed by atoms with Gasteiger partial charge in [0.05, 0.1) is 13.4 Å². The van der Waals surface area contributed by atoms with Crippen molar-refractivity contribution in [3.05, 3.63) is 69.2 Å². The fourth-order valence-electron chi connectivity index (χ4n) is 2.96. The van der Waals surface area contributed by atoms with Gasteiger partial charge in [-0.1, -0.05) is 28.1 Å². The maximum atomic E-state index is 12.8. The van der Waals surface area contributed by atoms with Crippen LogP contribution in [0.1, 0.15) is 5.56 Å². The summed E-state index contributed by atoms with van der Waals surface area (Å²) in [4.78, 5) is 20.5. The Morgan fingerprint density at radius 3 is 2.76 bits per heavy atom. The van der Waals surface area contributed by atoms with E-state index in [0.717, 1.165) is 33.1 Å². The van der Waals surface area contributed by atoms with Crippen molar-refractivity contribution in [3.8, 4) is 5.75 Å². The zero-order valence-electron chi connectivity index (χ0n) is 13.6. The van der Waals surface area contributed by atoms with Crippen molar-refractivity contribution in [2.24, 2.45) is 0 Å². The van der Waals surface area contributed by atoms with Crippen LogP contribution in [0.25, 0.3) is 21.9 Å². The lowest BCUT2D eigenvalue weighted by Gasteiger charge is -2.06. The number of rotatable bonds is 4. The number of nitrogens with one attached hydrogen (secondary N) is 1. The zero-order chi connectivity index (χ0) is 17.4. The first-order valence-electron chi connectivity index (χ1n) is 7.95. The van der Waals surface area contributed by atoms with Gasteiger partial charge >= 0.3 is 0 Å². The first kappa shape index (κ1) is 15.9. The van der Waals surface area contributed by atoms with Gasteiger partial charge in [-0.05, 0) is 42.3 Å². The number of benzene rings is 2. The van der Waals surface area contributed by atoms with Crippen LogP contribution in [-0.4, -0.2) is 21.6 Å². The van der Waals surface area contributed by atoms with E-state index in [9.17, 15) is 4.79 Å². The highest BCUT2D eigenvalue weighted by atomic mass is 79.9. The molecular formula is C19H16BrN3O2. The number of hydrogen-bond donors (Lipinski definition) is 1. The number of aryl methyl sites for hydroxylation is 2. The number of fused-ring (bicyclic) bond motifs is 3. The van der Waals surface area contributed by atoms with Gasteiger partial charge in [-0.3, -0.25) is 9.36 Å². The van der Waals surface area contributed by atoms with E-state index < -0.39 is 0 Å². The average Bonchev–Trinajstić information content (AvgIpc) is 3.00. The molecule has 0 aliphatic carbocycles. The largest absolute Gasteiger partial charge is 0.497 e. The molecule has 0 saturated carbocycles. The van der Waals surface area contributed by atoms with Crippen LogP contribution in [0.3, 0.4) is 0 Å².